The van der Waals surface area contributed by atoms with E-state index in [1.165, 1.54) is 6.92 Å². The first kappa shape index (κ1) is 12.5. The van der Waals surface area contributed by atoms with Gasteiger partial charge in [0.1, 0.15) is 17.9 Å². The molecule has 4 nitrogen and oxygen atoms in total. The third-order valence-electron chi connectivity index (χ3n) is 2.36. The number of carboxylic acids is 1. The van der Waals surface area contributed by atoms with Gasteiger partial charge in [-0.3, -0.25) is 4.79 Å². The third kappa shape index (κ3) is 2.97. The van der Waals surface area contributed by atoms with Crippen LogP contribution in [0.15, 0.2) is 18.2 Å². The van der Waals surface area contributed by atoms with E-state index in [-0.39, 0.29) is 6.61 Å². The van der Waals surface area contributed by atoms with Crippen LogP contribution in [0.2, 0.25) is 0 Å². The highest BCUT2D eigenvalue weighted by molar-refractivity contribution is 5.78. The second-order valence-electron chi connectivity index (χ2n) is 4.28. The summed E-state index contributed by atoms with van der Waals surface area (Å²) in [6, 6.07) is 5.77. The van der Waals surface area contributed by atoms with E-state index in [0.29, 0.717) is 5.75 Å². The van der Waals surface area contributed by atoms with Crippen molar-refractivity contribution in [3.05, 3.63) is 29.3 Å². The van der Waals surface area contributed by atoms with Gasteiger partial charge in [0.05, 0.1) is 0 Å². The summed E-state index contributed by atoms with van der Waals surface area (Å²) in [6.07, 6.45) is 0. The van der Waals surface area contributed by atoms with Crippen molar-refractivity contribution in [2.24, 2.45) is 5.73 Å². The molecule has 1 aromatic rings. The fourth-order valence-corrected chi connectivity index (χ4v) is 1.15. The van der Waals surface area contributed by atoms with Crippen LogP contribution >= 0.6 is 0 Å². The maximum absolute atomic E-state index is 10.8. The number of ether oxygens (including phenoxy) is 1. The number of aliphatic carboxylic acids is 1. The van der Waals surface area contributed by atoms with Crippen LogP contribution in [-0.4, -0.2) is 23.2 Å². The van der Waals surface area contributed by atoms with E-state index < -0.39 is 11.5 Å². The summed E-state index contributed by atoms with van der Waals surface area (Å²) in [5.74, 6) is -0.393. The first-order chi connectivity index (χ1) is 7.33. The van der Waals surface area contributed by atoms with Gasteiger partial charge in [0, 0.05) is 0 Å². The summed E-state index contributed by atoms with van der Waals surface area (Å²) in [5, 5.41) is 8.84. The highest BCUT2D eigenvalue weighted by Crippen LogP contribution is 2.20. The van der Waals surface area contributed by atoms with E-state index in [4.69, 9.17) is 15.6 Å². The maximum atomic E-state index is 10.8. The van der Waals surface area contributed by atoms with Gasteiger partial charge in [-0.15, -0.1) is 0 Å². The van der Waals surface area contributed by atoms with E-state index in [9.17, 15) is 4.79 Å². The molecule has 16 heavy (non-hydrogen) atoms. The van der Waals surface area contributed by atoms with Gasteiger partial charge >= 0.3 is 5.97 Å². The van der Waals surface area contributed by atoms with Crippen molar-refractivity contribution in [2.75, 3.05) is 6.61 Å². The van der Waals surface area contributed by atoms with Crippen molar-refractivity contribution in [1.29, 1.82) is 0 Å². The maximum Gasteiger partial charge on any atom is 0.326 e. The van der Waals surface area contributed by atoms with Crippen LogP contribution in [0.1, 0.15) is 18.1 Å². The predicted molar refractivity (Wildman–Crippen MR) is 61.6 cm³/mol. The van der Waals surface area contributed by atoms with Gasteiger partial charge < -0.3 is 15.6 Å². The number of aryl methyl sites for hydroxylation is 2. The molecule has 0 radical (unpaired) electrons. The lowest BCUT2D eigenvalue weighted by molar-refractivity contribution is -0.143. The average Bonchev–Trinajstić information content (AvgIpc) is 2.19. The Bertz CT molecular complexity index is 399. The summed E-state index contributed by atoms with van der Waals surface area (Å²) in [6.45, 7) is 5.24. The van der Waals surface area contributed by atoms with Crippen molar-refractivity contribution in [1.82, 2.24) is 0 Å². The summed E-state index contributed by atoms with van der Waals surface area (Å²) >= 11 is 0. The minimum absolute atomic E-state index is 0.0490. The molecular weight excluding hydrogens is 206 g/mol. The fraction of sp³-hybridized carbons (Fsp3) is 0.417. The minimum Gasteiger partial charge on any atom is -0.491 e. The van der Waals surface area contributed by atoms with Crippen molar-refractivity contribution in [3.8, 4) is 5.75 Å². The van der Waals surface area contributed by atoms with Gasteiger partial charge in [-0.05, 0) is 38.0 Å². The molecule has 1 unspecified atom stereocenters. The number of benzene rings is 1. The lowest BCUT2D eigenvalue weighted by atomic mass is 10.1. The van der Waals surface area contributed by atoms with Crippen molar-refractivity contribution < 1.29 is 14.6 Å². The number of nitrogens with two attached hydrogens (primary N) is 1. The SMILES string of the molecule is Cc1ccc(C)c(OCC(C)(N)C(=O)O)c1. The molecule has 0 fully saturated rings. The molecule has 4 heteroatoms. The molecule has 3 N–H and O–H groups in total. The molecule has 0 amide bonds. The van der Waals surface area contributed by atoms with Gasteiger partial charge in [0.25, 0.3) is 0 Å². The Labute approximate surface area is 95.0 Å². The molecule has 1 atom stereocenters. The summed E-state index contributed by atoms with van der Waals surface area (Å²) < 4.78 is 5.44. The van der Waals surface area contributed by atoms with Crippen molar-refractivity contribution in [2.45, 2.75) is 26.3 Å². The zero-order valence-electron chi connectivity index (χ0n) is 9.78. The van der Waals surface area contributed by atoms with E-state index in [0.717, 1.165) is 11.1 Å². The highest BCUT2D eigenvalue weighted by Gasteiger charge is 2.29. The number of hydrogen-bond donors (Lipinski definition) is 2. The van der Waals surface area contributed by atoms with Crippen LogP contribution in [0.5, 0.6) is 5.75 Å². The van der Waals surface area contributed by atoms with Crippen LogP contribution in [0.4, 0.5) is 0 Å². The van der Waals surface area contributed by atoms with E-state index in [1.807, 2.05) is 32.0 Å². The number of rotatable bonds is 4. The zero-order chi connectivity index (χ0) is 12.3. The molecule has 0 bridgehead atoms. The summed E-state index contributed by atoms with van der Waals surface area (Å²) in [7, 11) is 0. The minimum atomic E-state index is -1.36. The highest BCUT2D eigenvalue weighted by atomic mass is 16.5. The third-order valence-corrected chi connectivity index (χ3v) is 2.36. The predicted octanol–water partition coefficient (Wildman–Crippen LogP) is 1.48. The van der Waals surface area contributed by atoms with Crippen LogP contribution in [0.3, 0.4) is 0 Å². The smallest absolute Gasteiger partial charge is 0.326 e. The molecule has 0 aliphatic rings. The van der Waals surface area contributed by atoms with Gasteiger partial charge in [-0.1, -0.05) is 12.1 Å². The molecule has 0 saturated heterocycles. The first-order valence-electron chi connectivity index (χ1n) is 5.05. The second kappa shape index (κ2) is 4.53. The lowest BCUT2D eigenvalue weighted by Crippen LogP contribution is -2.50. The first-order valence-corrected chi connectivity index (χ1v) is 5.05. The molecular formula is C12H17NO3. The van der Waals surface area contributed by atoms with Crippen LogP contribution in [-0.2, 0) is 4.79 Å². The molecule has 0 saturated carbocycles. The van der Waals surface area contributed by atoms with Gasteiger partial charge in [-0.2, -0.15) is 0 Å². The Morgan fingerprint density at radius 3 is 2.69 bits per heavy atom. The Morgan fingerprint density at radius 2 is 2.12 bits per heavy atom. The normalized spacial score (nSPS) is 14.2. The molecule has 0 spiro atoms. The Balaban J connectivity index is 2.75. The second-order valence-corrected chi connectivity index (χ2v) is 4.28. The average molecular weight is 223 g/mol. The number of hydrogen-bond acceptors (Lipinski definition) is 3. The number of carbonyl (C=O) groups is 1. The van der Waals surface area contributed by atoms with Crippen molar-refractivity contribution >= 4 is 5.97 Å². The molecule has 0 aliphatic carbocycles. The Kier molecular flexibility index (Phi) is 3.55. The molecule has 0 heterocycles. The van der Waals surface area contributed by atoms with Crippen LogP contribution in [0.25, 0.3) is 0 Å². The lowest BCUT2D eigenvalue weighted by Gasteiger charge is -2.20. The quantitative estimate of drug-likeness (QED) is 0.811. The van der Waals surface area contributed by atoms with Gasteiger partial charge in [0.15, 0.2) is 0 Å². The fourth-order valence-electron chi connectivity index (χ4n) is 1.15. The van der Waals surface area contributed by atoms with Gasteiger partial charge in [0.2, 0.25) is 0 Å². The summed E-state index contributed by atoms with van der Waals surface area (Å²) in [5.41, 5.74) is 6.24. The van der Waals surface area contributed by atoms with E-state index in [1.54, 1.807) is 0 Å². The number of carboxylic acid groups (broad SMARTS) is 1. The summed E-state index contributed by atoms with van der Waals surface area (Å²) in [4.78, 5) is 10.8. The van der Waals surface area contributed by atoms with Crippen LogP contribution < -0.4 is 10.5 Å². The Hall–Kier alpha value is -1.55. The van der Waals surface area contributed by atoms with Crippen LogP contribution in [0, 0.1) is 13.8 Å². The zero-order valence-corrected chi connectivity index (χ0v) is 9.78. The Morgan fingerprint density at radius 1 is 1.50 bits per heavy atom. The van der Waals surface area contributed by atoms with E-state index >= 15 is 0 Å². The van der Waals surface area contributed by atoms with Gasteiger partial charge in [-0.25, -0.2) is 0 Å². The van der Waals surface area contributed by atoms with E-state index in [2.05, 4.69) is 0 Å². The monoisotopic (exact) mass is 223 g/mol. The van der Waals surface area contributed by atoms with Crippen molar-refractivity contribution in [3.63, 3.8) is 0 Å². The molecule has 0 aromatic heterocycles. The molecule has 1 aromatic carbocycles. The molecule has 1 rings (SSSR count). The molecule has 0 aliphatic heterocycles. The topological polar surface area (TPSA) is 72.5 Å². The largest absolute Gasteiger partial charge is 0.491 e. The molecule has 88 valence electrons. The standard InChI is InChI=1S/C12H17NO3/c1-8-4-5-9(2)10(6-8)16-7-12(3,13)11(14)15/h4-6H,7,13H2,1-3H3,(H,14,15).